The molecule has 0 saturated heterocycles. The lowest BCUT2D eigenvalue weighted by molar-refractivity contribution is 0.146. The normalized spacial score (nSPS) is 10.3. The minimum absolute atomic E-state index is 0.0975. The summed E-state index contributed by atoms with van der Waals surface area (Å²) in [7, 11) is 0. The molecule has 0 bridgehead atoms. The van der Waals surface area contributed by atoms with Gasteiger partial charge < -0.3 is 4.74 Å². The summed E-state index contributed by atoms with van der Waals surface area (Å²) in [5.41, 5.74) is 0.841. The molecule has 0 fully saturated rings. The molecular weight excluding hydrogens is 309 g/mol. The number of rotatable bonds is 5. The molecule has 22 heavy (non-hydrogen) atoms. The first-order valence-corrected chi connectivity index (χ1v) is 7.16. The highest BCUT2D eigenvalue weighted by atomic mass is 35.5. The maximum Gasteiger partial charge on any atom is 0.415 e. The number of aromatic nitrogens is 2. The fourth-order valence-electron chi connectivity index (χ4n) is 1.83. The van der Waals surface area contributed by atoms with E-state index in [0.29, 0.717) is 6.42 Å². The molecule has 1 heterocycles. The largest absolute Gasteiger partial charge is 0.444 e. The van der Waals surface area contributed by atoms with Crippen LogP contribution in [0.2, 0.25) is 5.28 Å². The highest BCUT2D eigenvalue weighted by molar-refractivity contribution is 6.28. The van der Waals surface area contributed by atoms with Crippen LogP contribution in [-0.2, 0) is 11.3 Å². The average molecular weight is 324 g/mol. The number of nitrogens with zero attached hydrogens (tertiary/aromatic N) is 3. The van der Waals surface area contributed by atoms with E-state index >= 15 is 0 Å². The Balaban J connectivity index is 2.13. The lowest BCUT2D eigenvalue weighted by atomic mass is 10.2. The van der Waals surface area contributed by atoms with Crippen molar-refractivity contribution in [2.45, 2.75) is 20.0 Å². The zero-order valence-electron chi connectivity index (χ0n) is 12.0. The highest BCUT2D eigenvalue weighted by Crippen LogP contribution is 2.19. The molecule has 1 amide bonds. The summed E-state index contributed by atoms with van der Waals surface area (Å²) in [5, 5.41) is -0.131. The van der Waals surface area contributed by atoms with E-state index in [0.717, 1.165) is 16.7 Å². The van der Waals surface area contributed by atoms with E-state index in [-0.39, 0.29) is 24.3 Å². The Labute approximate surface area is 132 Å². The molecule has 1 aromatic carbocycles. The van der Waals surface area contributed by atoms with Crippen molar-refractivity contribution >= 4 is 23.5 Å². The lowest BCUT2D eigenvalue weighted by Gasteiger charge is -2.20. The molecule has 2 rings (SSSR count). The molecule has 1 aromatic heterocycles. The van der Waals surface area contributed by atoms with Gasteiger partial charge >= 0.3 is 6.09 Å². The number of hydrogen-bond donors (Lipinski definition) is 0. The van der Waals surface area contributed by atoms with Crippen LogP contribution in [-0.4, -0.2) is 22.6 Å². The number of halogens is 2. The smallest absolute Gasteiger partial charge is 0.415 e. The van der Waals surface area contributed by atoms with Gasteiger partial charge in [0, 0.05) is 6.54 Å². The molecule has 7 heteroatoms. The fourth-order valence-corrected chi connectivity index (χ4v) is 1.96. The van der Waals surface area contributed by atoms with E-state index in [2.05, 4.69) is 9.97 Å². The summed E-state index contributed by atoms with van der Waals surface area (Å²) < 4.78 is 19.0. The van der Waals surface area contributed by atoms with Crippen LogP contribution < -0.4 is 4.90 Å². The van der Waals surface area contributed by atoms with E-state index in [9.17, 15) is 9.18 Å². The molecule has 0 aliphatic heterocycles. The number of carbonyl (C=O) groups is 1. The number of hydrogen-bond acceptors (Lipinski definition) is 4. The molecule has 0 saturated carbocycles. The minimum atomic E-state index is -0.727. The van der Waals surface area contributed by atoms with Crippen molar-refractivity contribution in [1.82, 2.24) is 9.97 Å². The maximum absolute atomic E-state index is 13.8. The summed E-state index contributed by atoms with van der Waals surface area (Å²) >= 11 is 5.67. The van der Waals surface area contributed by atoms with Gasteiger partial charge in [0.2, 0.25) is 5.28 Å². The average Bonchev–Trinajstić information content (AvgIpc) is 2.54. The SMILES string of the molecule is CCCN(C(=O)OCc1ccccc1)c1nc(Cl)ncc1F. The van der Waals surface area contributed by atoms with Crippen molar-refractivity contribution in [3.05, 3.63) is 53.2 Å². The topological polar surface area (TPSA) is 55.3 Å². The second-order valence-corrected chi connectivity index (χ2v) is 4.84. The van der Waals surface area contributed by atoms with Gasteiger partial charge in [0.1, 0.15) is 6.61 Å². The van der Waals surface area contributed by atoms with E-state index in [4.69, 9.17) is 16.3 Å². The Bertz CT molecular complexity index is 640. The molecule has 0 aliphatic carbocycles. The molecule has 0 aliphatic rings. The third-order valence-corrected chi connectivity index (χ3v) is 3.01. The quantitative estimate of drug-likeness (QED) is 0.785. The molecule has 0 unspecified atom stereocenters. The standard InChI is InChI=1S/C15H15ClFN3O2/c1-2-8-20(13-12(17)9-18-14(16)19-13)15(21)22-10-11-6-4-3-5-7-11/h3-7,9H,2,8,10H2,1H3. The molecular formula is C15H15ClFN3O2. The molecule has 0 N–H and O–H groups in total. The number of carbonyl (C=O) groups excluding carboxylic acids is 1. The fraction of sp³-hybridized carbons (Fsp3) is 0.267. The Morgan fingerprint density at radius 2 is 2.09 bits per heavy atom. The van der Waals surface area contributed by atoms with Crippen molar-refractivity contribution in [2.24, 2.45) is 0 Å². The number of amides is 1. The monoisotopic (exact) mass is 323 g/mol. The highest BCUT2D eigenvalue weighted by Gasteiger charge is 2.22. The first kappa shape index (κ1) is 16.2. The van der Waals surface area contributed by atoms with Gasteiger partial charge in [-0.15, -0.1) is 0 Å². The third-order valence-electron chi connectivity index (χ3n) is 2.82. The van der Waals surface area contributed by atoms with Crippen molar-refractivity contribution in [2.75, 3.05) is 11.4 Å². The Kier molecular flexibility index (Phi) is 5.66. The van der Waals surface area contributed by atoms with E-state index in [1.807, 2.05) is 37.3 Å². The number of anilines is 1. The maximum atomic E-state index is 13.8. The number of ether oxygens (including phenoxy) is 1. The Morgan fingerprint density at radius 1 is 1.36 bits per heavy atom. The first-order valence-electron chi connectivity index (χ1n) is 6.78. The predicted octanol–water partition coefficient (Wildman–Crippen LogP) is 3.82. The van der Waals surface area contributed by atoms with Gasteiger partial charge in [0.15, 0.2) is 11.6 Å². The van der Waals surface area contributed by atoms with E-state index in [1.165, 1.54) is 0 Å². The van der Waals surface area contributed by atoms with E-state index < -0.39 is 11.9 Å². The van der Waals surface area contributed by atoms with Crippen LogP contribution in [0.25, 0.3) is 0 Å². The molecule has 2 aromatic rings. The zero-order valence-corrected chi connectivity index (χ0v) is 12.8. The zero-order chi connectivity index (χ0) is 15.9. The third kappa shape index (κ3) is 4.14. The summed E-state index contributed by atoms with van der Waals surface area (Å²) in [6, 6.07) is 9.22. The lowest BCUT2D eigenvalue weighted by Crippen LogP contribution is -2.33. The van der Waals surface area contributed by atoms with Crippen LogP contribution in [0.1, 0.15) is 18.9 Å². The van der Waals surface area contributed by atoms with Crippen LogP contribution in [0.3, 0.4) is 0 Å². The Morgan fingerprint density at radius 3 is 2.77 bits per heavy atom. The van der Waals surface area contributed by atoms with Gasteiger partial charge in [0.25, 0.3) is 0 Å². The summed E-state index contributed by atoms with van der Waals surface area (Å²) in [5.74, 6) is -0.908. The van der Waals surface area contributed by atoms with Gasteiger partial charge in [-0.2, -0.15) is 4.98 Å². The second-order valence-electron chi connectivity index (χ2n) is 4.50. The molecule has 116 valence electrons. The van der Waals surface area contributed by atoms with Crippen LogP contribution in [0.4, 0.5) is 15.0 Å². The van der Waals surface area contributed by atoms with Crippen LogP contribution >= 0.6 is 11.6 Å². The van der Waals surface area contributed by atoms with Crippen LogP contribution in [0.5, 0.6) is 0 Å². The molecule has 0 spiro atoms. The van der Waals surface area contributed by atoms with Crippen LogP contribution in [0, 0.1) is 5.82 Å². The van der Waals surface area contributed by atoms with Gasteiger partial charge in [0.05, 0.1) is 6.20 Å². The van der Waals surface area contributed by atoms with Crippen LogP contribution in [0.15, 0.2) is 36.5 Å². The Hall–Kier alpha value is -2.21. The molecule has 0 atom stereocenters. The second kappa shape index (κ2) is 7.70. The first-order chi connectivity index (χ1) is 10.6. The predicted molar refractivity (Wildman–Crippen MR) is 81.3 cm³/mol. The molecule has 5 nitrogen and oxygen atoms in total. The van der Waals surface area contributed by atoms with Gasteiger partial charge in [-0.1, -0.05) is 37.3 Å². The van der Waals surface area contributed by atoms with Gasteiger partial charge in [-0.3, -0.25) is 4.90 Å². The number of benzene rings is 1. The van der Waals surface area contributed by atoms with Crippen molar-refractivity contribution in [3.8, 4) is 0 Å². The van der Waals surface area contributed by atoms with Crippen molar-refractivity contribution in [3.63, 3.8) is 0 Å². The molecule has 0 radical (unpaired) electrons. The minimum Gasteiger partial charge on any atom is -0.444 e. The van der Waals surface area contributed by atoms with Crippen molar-refractivity contribution < 1.29 is 13.9 Å². The van der Waals surface area contributed by atoms with Gasteiger partial charge in [-0.05, 0) is 23.6 Å². The van der Waals surface area contributed by atoms with Gasteiger partial charge in [-0.25, -0.2) is 14.2 Å². The summed E-state index contributed by atoms with van der Waals surface area (Å²) in [6.07, 6.45) is 0.860. The van der Waals surface area contributed by atoms with Crippen molar-refractivity contribution in [1.29, 1.82) is 0 Å². The van der Waals surface area contributed by atoms with E-state index in [1.54, 1.807) is 0 Å². The summed E-state index contributed by atoms with van der Waals surface area (Å²) in [6.45, 7) is 2.22. The summed E-state index contributed by atoms with van der Waals surface area (Å²) in [4.78, 5) is 20.6.